The van der Waals surface area contributed by atoms with E-state index in [1.807, 2.05) is 36.7 Å². The summed E-state index contributed by atoms with van der Waals surface area (Å²) in [6.07, 6.45) is 12.2. The number of nitrogens with zero attached hydrogens (tertiary/aromatic N) is 3. The third kappa shape index (κ3) is 6.32. The topological polar surface area (TPSA) is 64.6 Å². The van der Waals surface area contributed by atoms with Crippen molar-refractivity contribution < 1.29 is 0 Å². The summed E-state index contributed by atoms with van der Waals surface area (Å²) >= 11 is 0. The van der Waals surface area contributed by atoms with Crippen molar-refractivity contribution in [1.29, 1.82) is 0 Å². The quantitative estimate of drug-likeness (QED) is 0.141. The largest absolute Gasteiger partial charge is 0.381 e. The lowest BCUT2D eigenvalue weighted by Gasteiger charge is -2.33. The van der Waals surface area contributed by atoms with E-state index in [0.717, 1.165) is 72.6 Å². The first-order chi connectivity index (χ1) is 29.2. The molecule has 0 bridgehead atoms. The summed E-state index contributed by atoms with van der Waals surface area (Å²) in [5, 5.41) is 14.7. The molecule has 282 valence electrons. The molecule has 3 atom stereocenters. The Morgan fingerprint density at radius 1 is 0.508 bits per heavy atom. The van der Waals surface area contributed by atoms with Gasteiger partial charge in [-0.1, -0.05) is 158 Å². The Morgan fingerprint density at radius 3 is 1.83 bits per heavy atom. The maximum absolute atomic E-state index is 5.19. The van der Waals surface area contributed by atoms with Gasteiger partial charge in [0.2, 0.25) is 0 Å². The Hall–Kier alpha value is -7.70. The second-order valence-electron chi connectivity index (χ2n) is 15.2. The average Bonchev–Trinajstić information content (AvgIpc) is 3.74. The van der Waals surface area contributed by atoms with Crippen LogP contribution in [0.2, 0.25) is 0 Å². The van der Waals surface area contributed by atoms with Gasteiger partial charge in [-0.15, -0.1) is 0 Å². The highest BCUT2D eigenvalue weighted by atomic mass is 15.4. The Kier molecular flexibility index (Phi) is 8.59. The molecule has 6 nitrogen and oxygen atoms in total. The predicted molar refractivity (Wildman–Crippen MR) is 245 cm³/mol. The first-order valence-corrected chi connectivity index (χ1v) is 20.2. The van der Waals surface area contributed by atoms with Crippen LogP contribution >= 0.6 is 0 Å². The van der Waals surface area contributed by atoms with Crippen LogP contribution in [-0.4, -0.2) is 22.9 Å². The minimum absolute atomic E-state index is 0.0495. The van der Waals surface area contributed by atoms with Crippen molar-refractivity contribution in [1.82, 2.24) is 15.6 Å². The molecule has 6 heteroatoms. The van der Waals surface area contributed by atoms with Crippen LogP contribution in [0.1, 0.15) is 22.9 Å². The van der Waals surface area contributed by atoms with E-state index >= 15 is 0 Å². The van der Waals surface area contributed by atoms with Crippen LogP contribution in [0.3, 0.4) is 0 Å². The number of aromatic nitrogens is 1. The van der Waals surface area contributed by atoms with E-state index < -0.39 is 0 Å². The predicted octanol–water partition coefficient (Wildman–Crippen LogP) is 11.8. The number of rotatable bonds is 7. The van der Waals surface area contributed by atoms with Crippen LogP contribution in [0, 0.1) is 0 Å². The first kappa shape index (κ1) is 34.5. The van der Waals surface area contributed by atoms with Gasteiger partial charge in [0.25, 0.3) is 0 Å². The molecule has 11 rings (SSSR count). The molecule has 0 radical (unpaired) electrons. The van der Waals surface area contributed by atoms with Crippen molar-refractivity contribution in [2.24, 2.45) is 4.99 Å². The molecule has 3 aliphatic heterocycles. The van der Waals surface area contributed by atoms with Gasteiger partial charge in [-0.05, 0) is 81.6 Å². The maximum atomic E-state index is 5.19. The fourth-order valence-corrected chi connectivity index (χ4v) is 8.70. The number of nitrogens with one attached hydrogen (secondary N) is 3. The highest BCUT2D eigenvalue weighted by Crippen LogP contribution is 2.50. The van der Waals surface area contributed by atoms with Gasteiger partial charge in [0, 0.05) is 33.7 Å². The molecule has 0 aliphatic carbocycles. The van der Waals surface area contributed by atoms with E-state index in [4.69, 9.17) is 9.98 Å². The van der Waals surface area contributed by atoms with Crippen LogP contribution in [0.4, 0.5) is 17.1 Å². The fourth-order valence-electron chi connectivity index (χ4n) is 8.70. The summed E-state index contributed by atoms with van der Waals surface area (Å²) in [6, 6.07) is 60.3. The molecule has 0 fully saturated rings. The molecule has 0 spiro atoms. The second-order valence-corrected chi connectivity index (χ2v) is 15.2. The molecule has 8 aromatic rings. The van der Waals surface area contributed by atoms with Crippen molar-refractivity contribution in [2.45, 2.75) is 18.4 Å². The Balaban J connectivity index is 0.915. The molecule has 0 saturated heterocycles. The van der Waals surface area contributed by atoms with Crippen molar-refractivity contribution in [3.8, 4) is 22.3 Å². The number of fused-ring (bicyclic) bond motifs is 6. The van der Waals surface area contributed by atoms with Gasteiger partial charge in [0.1, 0.15) is 12.3 Å². The van der Waals surface area contributed by atoms with Crippen LogP contribution in [-0.2, 0) is 0 Å². The fraction of sp³-hybridized carbons (Fsp3) is 0.0566. The molecular weight excluding hydrogens is 721 g/mol. The maximum Gasteiger partial charge on any atom is 0.145 e. The SMILES string of the molecule is C1=CNC(C2Nc3c(c4cccnc4c4ccccc34)N2c2ccc(-c3ccc(C4=CC(c5ccc(-c6ccccc6)cc5)=NC(c5ccccc5)N4)cc3)cc2)C=C1. The zero-order chi connectivity index (χ0) is 39.1. The lowest BCUT2D eigenvalue weighted by Crippen LogP contribution is -2.48. The monoisotopic (exact) mass is 760 g/mol. The van der Waals surface area contributed by atoms with Gasteiger partial charge in [0.05, 0.1) is 28.6 Å². The normalized spacial score (nSPS) is 18.1. The van der Waals surface area contributed by atoms with Gasteiger partial charge in [-0.2, -0.15) is 0 Å². The molecule has 4 heterocycles. The summed E-state index contributed by atoms with van der Waals surface area (Å²) in [4.78, 5) is 12.5. The van der Waals surface area contributed by atoms with E-state index in [2.05, 4.69) is 191 Å². The number of hydrogen-bond acceptors (Lipinski definition) is 6. The standard InChI is InChI=1S/C53H40N6/c1-3-12-35(13-4-1)36-20-24-39(25-21-36)47-34-48(57-52(56-47)41-14-5-2-6-15-41)40-26-22-37(23-27-40)38-28-30-42(31-29-38)59-51-45-18-11-33-55-49(45)43-16-7-8-17-44(43)50(51)58-53(59)46-19-9-10-32-54-46/h1-34,46,52-54,57-58H. The molecule has 3 aliphatic rings. The van der Waals surface area contributed by atoms with E-state index in [1.54, 1.807) is 0 Å². The summed E-state index contributed by atoms with van der Waals surface area (Å²) in [7, 11) is 0. The summed E-state index contributed by atoms with van der Waals surface area (Å²) < 4.78 is 0. The molecule has 7 aromatic carbocycles. The minimum atomic E-state index is -0.206. The summed E-state index contributed by atoms with van der Waals surface area (Å²) in [5.74, 6) is 0. The third-order valence-electron chi connectivity index (χ3n) is 11.6. The van der Waals surface area contributed by atoms with Crippen molar-refractivity contribution >= 4 is 50.1 Å². The summed E-state index contributed by atoms with van der Waals surface area (Å²) in [6.45, 7) is 0. The highest BCUT2D eigenvalue weighted by molar-refractivity contribution is 6.21. The highest BCUT2D eigenvalue weighted by Gasteiger charge is 2.37. The third-order valence-corrected chi connectivity index (χ3v) is 11.6. The average molecular weight is 761 g/mol. The number of aliphatic imine (C=N–C) groups is 1. The lowest BCUT2D eigenvalue weighted by atomic mass is 9.98. The van der Waals surface area contributed by atoms with E-state index in [-0.39, 0.29) is 18.4 Å². The number of dihydropyridines is 1. The Labute approximate surface area is 343 Å². The number of allylic oxidation sites excluding steroid dienone is 3. The summed E-state index contributed by atoms with van der Waals surface area (Å²) in [5.41, 5.74) is 14.4. The van der Waals surface area contributed by atoms with E-state index in [9.17, 15) is 0 Å². The van der Waals surface area contributed by atoms with Crippen molar-refractivity contribution in [2.75, 3.05) is 10.2 Å². The number of pyridine rings is 1. The van der Waals surface area contributed by atoms with Crippen molar-refractivity contribution in [3.63, 3.8) is 0 Å². The van der Waals surface area contributed by atoms with Crippen LogP contribution in [0.5, 0.6) is 0 Å². The molecule has 0 saturated carbocycles. The Bertz CT molecular complexity index is 2950. The Morgan fingerprint density at radius 2 is 1.12 bits per heavy atom. The molecule has 3 N–H and O–H groups in total. The lowest BCUT2D eigenvalue weighted by molar-refractivity contribution is 0.592. The number of hydrogen-bond donors (Lipinski definition) is 3. The number of benzene rings is 7. The first-order valence-electron chi connectivity index (χ1n) is 20.2. The van der Waals surface area contributed by atoms with Crippen LogP contribution in [0.25, 0.3) is 49.6 Å². The number of anilines is 3. The molecular formula is C53H40N6. The van der Waals surface area contributed by atoms with E-state index in [0.29, 0.717) is 0 Å². The molecule has 59 heavy (non-hydrogen) atoms. The van der Waals surface area contributed by atoms with Crippen LogP contribution < -0.4 is 20.9 Å². The van der Waals surface area contributed by atoms with Gasteiger partial charge in [-0.25, -0.2) is 0 Å². The zero-order valence-electron chi connectivity index (χ0n) is 32.2. The molecule has 0 amide bonds. The zero-order valence-corrected chi connectivity index (χ0v) is 32.2. The van der Waals surface area contributed by atoms with Crippen LogP contribution in [0.15, 0.2) is 212 Å². The van der Waals surface area contributed by atoms with Gasteiger partial charge in [-0.3, -0.25) is 9.98 Å². The molecule has 1 aromatic heterocycles. The van der Waals surface area contributed by atoms with Gasteiger partial charge in [0.15, 0.2) is 0 Å². The smallest absolute Gasteiger partial charge is 0.145 e. The van der Waals surface area contributed by atoms with Crippen molar-refractivity contribution in [3.05, 3.63) is 223 Å². The van der Waals surface area contributed by atoms with Gasteiger partial charge < -0.3 is 20.9 Å². The van der Waals surface area contributed by atoms with E-state index in [1.165, 1.54) is 16.5 Å². The minimum Gasteiger partial charge on any atom is -0.381 e. The molecule has 3 unspecified atom stereocenters. The van der Waals surface area contributed by atoms with Gasteiger partial charge >= 0.3 is 0 Å². The second kappa shape index (κ2) is 14.7.